The molecule has 0 N–H and O–H groups in total. The fourth-order valence-electron chi connectivity index (χ4n) is 3.13. The Kier molecular flexibility index (Phi) is 4.41. The average molecular weight is 246 g/mol. The Morgan fingerprint density at radius 3 is 2.39 bits per heavy atom. The Bertz CT molecular complexity index is 363. The van der Waals surface area contributed by atoms with Gasteiger partial charge in [-0.3, -0.25) is 9.80 Å². The van der Waals surface area contributed by atoms with Crippen LogP contribution in [-0.4, -0.2) is 41.5 Å². The van der Waals surface area contributed by atoms with Crippen LogP contribution in [0.25, 0.3) is 0 Å². The van der Waals surface area contributed by atoms with E-state index in [2.05, 4.69) is 67.8 Å². The molecule has 0 bridgehead atoms. The molecule has 1 aromatic carbocycles. The maximum Gasteiger partial charge on any atom is 0.0323 e. The molecule has 100 valence electrons. The molecule has 1 aliphatic heterocycles. The molecule has 0 aromatic heterocycles. The van der Waals surface area contributed by atoms with Gasteiger partial charge in [-0.2, -0.15) is 0 Å². The van der Waals surface area contributed by atoms with Gasteiger partial charge in [0.05, 0.1) is 0 Å². The maximum absolute atomic E-state index is 2.64. The Labute approximate surface area is 112 Å². The van der Waals surface area contributed by atoms with Crippen LogP contribution in [0.2, 0.25) is 0 Å². The highest BCUT2D eigenvalue weighted by molar-refractivity contribution is 5.18. The first-order valence-corrected chi connectivity index (χ1v) is 7.18. The van der Waals surface area contributed by atoms with Crippen molar-refractivity contribution in [1.82, 2.24) is 9.80 Å². The van der Waals surface area contributed by atoms with Crippen molar-refractivity contribution in [2.75, 3.05) is 19.6 Å². The van der Waals surface area contributed by atoms with E-state index in [1.165, 1.54) is 25.2 Å². The van der Waals surface area contributed by atoms with E-state index in [1.54, 1.807) is 0 Å². The molecular formula is C16H26N2. The normalized spacial score (nSPS) is 28.2. The van der Waals surface area contributed by atoms with Crippen LogP contribution in [-0.2, 0) is 0 Å². The van der Waals surface area contributed by atoms with Crippen molar-refractivity contribution in [3.05, 3.63) is 35.9 Å². The first-order chi connectivity index (χ1) is 8.63. The molecule has 3 atom stereocenters. The van der Waals surface area contributed by atoms with E-state index in [1.807, 2.05) is 0 Å². The van der Waals surface area contributed by atoms with Crippen molar-refractivity contribution >= 4 is 0 Å². The summed E-state index contributed by atoms with van der Waals surface area (Å²) < 4.78 is 0. The minimum absolute atomic E-state index is 0.516. The summed E-state index contributed by atoms with van der Waals surface area (Å²) >= 11 is 0. The highest BCUT2D eigenvalue weighted by Crippen LogP contribution is 2.26. The molecule has 0 aliphatic carbocycles. The second kappa shape index (κ2) is 5.85. The Balaban J connectivity index is 2.09. The molecule has 1 heterocycles. The molecule has 1 aliphatic rings. The van der Waals surface area contributed by atoms with Gasteiger partial charge >= 0.3 is 0 Å². The zero-order valence-corrected chi connectivity index (χ0v) is 12.1. The predicted molar refractivity (Wildman–Crippen MR) is 77.7 cm³/mol. The molecule has 0 amide bonds. The monoisotopic (exact) mass is 246 g/mol. The summed E-state index contributed by atoms with van der Waals surface area (Å²) in [6.45, 7) is 12.8. The van der Waals surface area contributed by atoms with Crippen LogP contribution in [0.1, 0.15) is 39.3 Å². The standard InChI is InChI=1S/C16H26N2/c1-5-17-11-14(3)18(12-13(17)2)15(4)16-9-7-6-8-10-16/h6-10,13-15H,5,11-12H2,1-4H3/t13-,14+,15+/m1/s1. The van der Waals surface area contributed by atoms with Crippen LogP contribution in [0.3, 0.4) is 0 Å². The van der Waals surface area contributed by atoms with Crippen molar-refractivity contribution in [3.63, 3.8) is 0 Å². The van der Waals surface area contributed by atoms with Crippen molar-refractivity contribution in [3.8, 4) is 0 Å². The summed E-state index contributed by atoms with van der Waals surface area (Å²) in [6, 6.07) is 12.7. The van der Waals surface area contributed by atoms with Crippen LogP contribution in [0.15, 0.2) is 30.3 Å². The molecule has 2 rings (SSSR count). The lowest BCUT2D eigenvalue weighted by atomic mass is 10.0. The van der Waals surface area contributed by atoms with Gasteiger partial charge in [-0.25, -0.2) is 0 Å². The Hall–Kier alpha value is -0.860. The largest absolute Gasteiger partial charge is 0.298 e. The van der Waals surface area contributed by atoms with Crippen LogP contribution in [0.4, 0.5) is 0 Å². The summed E-state index contributed by atoms with van der Waals surface area (Å²) in [6.07, 6.45) is 0. The predicted octanol–water partition coefficient (Wildman–Crippen LogP) is 3.16. The van der Waals surface area contributed by atoms with Gasteiger partial charge in [-0.1, -0.05) is 37.3 Å². The highest BCUT2D eigenvalue weighted by Gasteiger charge is 2.31. The average Bonchev–Trinajstić information content (AvgIpc) is 2.41. The summed E-state index contributed by atoms with van der Waals surface area (Å²) in [5.74, 6) is 0. The first-order valence-electron chi connectivity index (χ1n) is 7.18. The highest BCUT2D eigenvalue weighted by atomic mass is 15.3. The lowest BCUT2D eigenvalue weighted by molar-refractivity contribution is 0.0216. The molecule has 2 heteroatoms. The summed E-state index contributed by atoms with van der Waals surface area (Å²) in [5.41, 5.74) is 1.43. The fraction of sp³-hybridized carbons (Fsp3) is 0.625. The molecule has 0 unspecified atom stereocenters. The molecular weight excluding hydrogens is 220 g/mol. The maximum atomic E-state index is 2.64. The molecule has 2 nitrogen and oxygen atoms in total. The number of likely N-dealkylation sites (N-methyl/N-ethyl adjacent to an activating group) is 1. The van der Waals surface area contributed by atoms with E-state index in [4.69, 9.17) is 0 Å². The third-order valence-electron chi connectivity index (χ3n) is 4.35. The Morgan fingerprint density at radius 2 is 1.78 bits per heavy atom. The van der Waals surface area contributed by atoms with Gasteiger partial charge in [0.2, 0.25) is 0 Å². The van der Waals surface area contributed by atoms with E-state index in [-0.39, 0.29) is 0 Å². The fourth-order valence-corrected chi connectivity index (χ4v) is 3.13. The zero-order valence-electron chi connectivity index (χ0n) is 12.1. The number of hydrogen-bond acceptors (Lipinski definition) is 2. The molecule has 1 saturated heterocycles. The van der Waals surface area contributed by atoms with Crippen molar-refractivity contribution < 1.29 is 0 Å². The van der Waals surface area contributed by atoms with Gasteiger partial charge in [0.25, 0.3) is 0 Å². The second-order valence-corrected chi connectivity index (χ2v) is 5.57. The van der Waals surface area contributed by atoms with Crippen LogP contribution >= 0.6 is 0 Å². The van der Waals surface area contributed by atoms with E-state index in [9.17, 15) is 0 Å². The van der Waals surface area contributed by atoms with E-state index >= 15 is 0 Å². The quantitative estimate of drug-likeness (QED) is 0.808. The van der Waals surface area contributed by atoms with E-state index in [0.29, 0.717) is 18.1 Å². The van der Waals surface area contributed by atoms with Gasteiger partial charge in [-0.05, 0) is 32.9 Å². The minimum Gasteiger partial charge on any atom is -0.298 e. The second-order valence-electron chi connectivity index (χ2n) is 5.57. The van der Waals surface area contributed by atoms with E-state index in [0.717, 1.165) is 0 Å². The van der Waals surface area contributed by atoms with Gasteiger partial charge in [0.1, 0.15) is 0 Å². The molecule has 1 fully saturated rings. The van der Waals surface area contributed by atoms with Crippen LogP contribution in [0.5, 0.6) is 0 Å². The molecule has 1 aromatic rings. The first kappa shape index (κ1) is 13.6. The van der Waals surface area contributed by atoms with Crippen molar-refractivity contribution in [2.24, 2.45) is 0 Å². The van der Waals surface area contributed by atoms with Crippen molar-refractivity contribution in [1.29, 1.82) is 0 Å². The number of rotatable bonds is 3. The summed E-state index contributed by atoms with van der Waals surface area (Å²) in [4.78, 5) is 5.23. The lowest BCUT2D eigenvalue weighted by Gasteiger charge is -2.46. The number of benzene rings is 1. The molecule has 18 heavy (non-hydrogen) atoms. The third-order valence-corrected chi connectivity index (χ3v) is 4.35. The summed E-state index contributed by atoms with van der Waals surface area (Å²) in [5, 5.41) is 0. The molecule has 0 spiro atoms. The van der Waals surface area contributed by atoms with Crippen LogP contribution < -0.4 is 0 Å². The van der Waals surface area contributed by atoms with Gasteiger partial charge in [-0.15, -0.1) is 0 Å². The smallest absolute Gasteiger partial charge is 0.0323 e. The minimum atomic E-state index is 0.516. The zero-order chi connectivity index (χ0) is 13.1. The van der Waals surface area contributed by atoms with Gasteiger partial charge < -0.3 is 0 Å². The van der Waals surface area contributed by atoms with Crippen molar-refractivity contribution in [2.45, 2.75) is 45.8 Å². The number of hydrogen-bond donors (Lipinski definition) is 0. The number of piperazine rings is 1. The van der Waals surface area contributed by atoms with Crippen LogP contribution in [0, 0.1) is 0 Å². The third kappa shape index (κ3) is 2.76. The lowest BCUT2D eigenvalue weighted by Crippen LogP contribution is -2.56. The SMILES string of the molecule is CCN1C[C@H](C)N([C@@H](C)c2ccccc2)C[C@H]1C. The molecule has 0 radical (unpaired) electrons. The number of nitrogens with zero attached hydrogens (tertiary/aromatic N) is 2. The van der Waals surface area contributed by atoms with E-state index < -0.39 is 0 Å². The van der Waals surface area contributed by atoms with Gasteiger partial charge in [0.15, 0.2) is 0 Å². The van der Waals surface area contributed by atoms with Gasteiger partial charge in [0, 0.05) is 31.2 Å². The Morgan fingerprint density at radius 1 is 1.11 bits per heavy atom. The molecule has 0 saturated carbocycles. The summed E-state index contributed by atoms with van der Waals surface area (Å²) in [7, 11) is 0. The topological polar surface area (TPSA) is 6.48 Å².